The molecule has 84 valence electrons. The van der Waals surface area contributed by atoms with E-state index in [1.807, 2.05) is 6.07 Å². The molecule has 2 nitrogen and oxygen atoms in total. The number of phenolic OH excluding ortho intramolecular Hbond substituents is 1. The van der Waals surface area contributed by atoms with E-state index in [2.05, 4.69) is 20.8 Å². The first-order valence-electron chi connectivity index (χ1n) is 4.92. The lowest BCUT2D eigenvalue weighted by molar-refractivity contribution is 0.411. The van der Waals surface area contributed by atoms with Gasteiger partial charge in [-0.05, 0) is 18.2 Å². The van der Waals surface area contributed by atoms with E-state index in [4.69, 9.17) is 4.74 Å². The third-order valence-electron chi connectivity index (χ3n) is 1.95. The van der Waals surface area contributed by atoms with Crippen LogP contribution in [0, 0.1) is 0 Å². The number of methoxy groups -OCH3 is 1. The van der Waals surface area contributed by atoms with Gasteiger partial charge in [-0.1, -0.05) is 20.8 Å². The minimum atomic E-state index is 0.204. The van der Waals surface area contributed by atoms with Crippen molar-refractivity contribution < 1.29 is 9.84 Å². The lowest BCUT2D eigenvalue weighted by Gasteiger charge is -2.18. The molecule has 0 saturated heterocycles. The van der Waals surface area contributed by atoms with Crippen molar-refractivity contribution in [3.8, 4) is 11.5 Å². The van der Waals surface area contributed by atoms with Gasteiger partial charge < -0.3 is 9.84 Å². The van der Waals surface area contributed by atoms with Gasteiger partial charge in [-0.15, -0.1) is 0 Å². The molecule has 0 saturated carbocycles. The lowest BCUT2D eigenvalue weighted by atomic mass is 10.2. The summed E-state index contributed by atoms with van der Waals surface area (Å²) in [5, 5.41) is 9.66. The molecular weight excluding hydrogens is 208 g/mol. The Labute approximate surface area is 95.7 Å². The number of rotatable bonds is 3. The Morgan fingerprint density at radius 1 is 1.33 bits per heavy atom. The molecule has 0 heterocycles. The minimum absolute atomic E-state index is 0.204. The molecule has 0 atom stereocenters. The molecule has 0 spiro atoms. The van der Waals surface area contributed by atoms with Crippen molar-refractivity contribution in [3.63, 3.8) is 0 Å². The summed E-state index contributed by atoms with van der Waals surface area (Å²) >= 11 is 1.80. The molecule has 0 bridgehead atoms. The minimum Gasteiger partial charge on any atom is -0.508 e. The standard InChI is InChI=1S/C12H18O2S/c1-12(2,3)15-8-9-7-10(14-4)5-6-11(9)13/h5-7,13H,8H2,1-4H3. The van der Waals surface area contributed by atoms with E-state index in [1.165, 1.54) is 0 Å². The first-order chi connectivity index (χ1) is 6.92. The Morgan fingerprint density at radius 2 is 2.00 bits per heavy atom. The van der Waals surface area contributed by atoms with Crippen molar-refractivity contribution in [2.45, 2.75) is 31.3 Å². The van der Waals surface area contributed by atoms with Crippen LogP contribution in [0.3, 0.4) is 0 Å². The number of thioether (sulfide) groups is 1. The highest BCUT2D eigenvalue weighted by Gasteiger charge is 2.12. The van der Waals surface area contributed by atoms with Crippen molar-refractivity contribution in [3.05, 3.63) is 23.8 Å². The molecule has 1 N–H and O–H groups in total. The third-order valence-corrected chi connectivity index (χ3v) is 3.27. The molecule has 0 unspecified atom stereocenters. The maximum absolute atomic E-state index is 9.66. The van der Waals surface area contributed by atoms with Gasteiger partial charge in [-0.3, -0.25) is 0 Å². The van der Waals surface area contributed by atoms with E-state index in [9.17, 15) is 5.11 Å². The van der Waals surface area contributed by atoms with E-state index in [0.29, 0.717) is 5.75 Å². The second kappa shape index (κ2) is 4.79. The molecule has 0 aliphatic heterocycles. The summed E-state index contributed by atoms with van der Waals surface area (Å²) in [6, 6.07) is 5.33. The number of ether oxygens (including phenoxy) is 1. The summed E-state index contributed by atoms with van der Waals surface area (Å²) in [5.41, 5.74) is 0.925. The second-order valence-electron chi connectivity index (χ2n) is 4.40. The Morgan fingerprint density at radius 3 is 2.53 bits per heavy atom. The Bertz CT molecular complexity index is 329. The molecule has 0 radical (unpaired) electrons. The SMILES string of the molecule is COc1ccc(O)c(CSC(C)(C)C)c1. The van der Waals surface area contributed by atoms with Crippen molar-refractivity contribution >= 4 is 11.8 Å². The first kappa shape index (κ1) is 12.2. The molecule has 1 aromatic carbocycles. The molecule has 15 heavy (non-hydrogen) atoms. The van der Waals surface area contributed by atoms with E-state index in [-0.39, 0.29) is 4.75 Å². The summed E-state index contributed by atoms with van der Waals surface area (Å²) in [6.07, 6.45) is 0. The second-order valence-corrected chi connectivity index (χ2v) is 6.20. The summed E-state index contributed by atoms with van der Waals surface area (Å²) in [4.78, 5) is 0. The van der Waals surface area contributed by atoms with Crippen LogP contribution < -0.4 is 4.74 Å². The van der Waals surface area contributed by atoms with Gasteiger partial charge >= 0.3 is 0 Å². The van der Waals surface area contributed by atoms with Crippen LogP contribution in [0.5, 0.6) is 11.5 Å². The van der Waals surface area contributed by atoms with Crippen LogP contribution in [0.2, 0.25) is 0 Å². The summed E-state index contributed by atoms with van der Waals surface area (Å²) in [5.74, 6) is 1.93. The first-order valence-corrected chi connectivity index (χ1v) is 5.91. The molecule has 3 heteroatoms. The van der Waals surface area contributed by atoms with Crippen molar-refractivity contribution in [1.82, 2.24) is 0 Å². The van der Waals surface area contributed by atoms with Crippen LogP contribution in [-0.2, 0) is 5.75 Å². The molecule has 1 rings (SSSR count). The van der Waals surface area contributed by atoms with Crippen LogP contribution in [0.15, 0.2) is 18.2 Å². The van der Waals surface area contributed by atoms with Crippen LogP contribution in [0.4, 0.5) is 0 Å². The summed E-state index contributed by atoms with van der Waals surface area (Å²) in [6.45, 7) is 6.48. The van der Waals surface area contributed by atoms with Crippen LogP contribution in [0.1, 0.15) is 26.3 Å². The number of phenols is 1. The Kier molecular flexibility index (Phi) is 3.91. The zero-order chi connectivity index (χ0) is 11.5. The molecule has 0 aliphatic carbocycles. The number of benzene rings is 1. The van der Waals surface area contributed by atoms with Crippen molar-refractivity contribution in [2.75, 3.05) is 7.11 Å². The molecule has 0 amide bonds. The largest absolute Gasteiger partial charge is 0.508 e. The summed E-state index contributed by atoms with van der Waals surface area (Å²) < 4.78 is 5.33. The molecule has 0 fully saturated rings. The van der Waals surface area contributed by atoms with E-state index in [1.54, 1.807) is 31.0 Å². The lowest BCUT2D eigenvalue weighted by Crippen LogP contribution is -2.07. The van der Waals surface area contributed by atoms with Crippen molar-refractivity contribution in [2.24, 2.45) is 0 Å². The fourth-order valence-corrected chi connectivity index (χ4v) is 1.92. The van der Waals surface area contributed by atoms with Crippen LogP contribution in [-0.4, -0.2) is 17.0 Å². The van der Waals surface area contributed by atoms with Gasteiger partial charge in [0.25, 0.3) is 0 Å². The van der Waals surface area contributed by atoms with Crippen LogP contribution in [0.25, 0.3) is 0 Å². The smallest absolute Gasteiger partial charge is 0.119 e. The summed E-state index contributed by atoms with van der Waals surface area (Å²) in [7, 11) is 1.63. The van der Waals surface area contributed by atoms with Crippen molar-refractivity contribution in [1.29, 1.82) is 0 Å². The zero-order valence-electron chi connectivity index (χ0n) is 9.70. The van der Waals surface area contributed by atoms with E-state index >= 15 is 0 Å². The number of hydrogen-bond acceptors (Lipinski definition) is 3. The quantitative estimate of drug-likeness (QED) is 0.856. The van der Waals surface area contributed by atoms with Gasteiger partial charge in [0.05, 0.1) is 7.11 Å². The highest BCUT2D eigenvalue weighted by atomic mass is 32.2. The van der Waals surface area contributed by atoms with E-state index < -0.39 is 0 Å². The predicted molar refractivity (Wildman–Crippen MR) is 65.7 cm³/mol. The molecular formula is C12H18O2S. The highest BCUT2D eigenvalue weighted by Crippen LogP contribution is 2.32. The fraction of sp³-hybridized carbons (Fsp3) is 0.500. The number of hydrogen-bond donors (Lipinski definition) is 1. The normalized spacial score (nSPS) is 11.5. The van der Waals surface area contributed by atoms with Gasteiger partial charge in [0.1, 0.15) is 11.5 Å². The molecule has 1 aromatic rings. The predicted octanol–water partition coefficient (Wildman–Crippen LogP) is 3.43. The van der Waals surface area contributed by atoms with Gasteiger partial charge in [0.2, 0.25) is 0 Å². The molecule has 0 aromatic heterocycles. The monoisotopic (exact) mass is 226 g/mol. The maximum atomic E-state index is 9.66. The average Bonchev–Trinajstić information content (AvgIpc) is 2.15. The Balaban J connectivity index is 2.75. The zero-order valence-corrected chi connectivity index (χ0v) is 10.5. The maximum Gasteiger partial charge on any atom is 0.119 e. The van der Waals surface area contributed by atoms with Gasteiger partial charge in [-0.2, -0.15) is 11.8 Å². The van der Waals surface area contributed by atoms with Gasteiger partial charge in [0.15, 0.2) is 0 Å². The van der Waals surface area contributed by atoms with Gasteiger partial charge in [0, 0.05) is 16.1 Å². The Hall–Kier alpha value is -0.830. The topological polar surface area (TPSA) is 29.5 Å². The van der Waals surface area contributed by atoms with Crippen LogP contribution >= 0.6 is 11.8 Å². The highest BCUT2D eigenvalue weighted by molar-refractivity contribution is 7.99. The molecule has 0 aliphatic rings. The average molecular weight is 226 g/mol. The van der Waals surface area contributed by atoms with Gasteiger partial charge in [-0.25, -0.2) is 0 Å². The van der Waals surface area contributed by atoms with E-state index in [0.717, 1.165) is 17.1 Å². The number of aromatic hydroxyl groups is 1. The third kappa shape index (κ3) is 4.04. The fourth-order valence-electron chi connectivity index (χ4n) is 1.10.